The lowest BCUT2D eigenvalue weighted by Gasteiger charge is -2.12. The van der Waals surface area contributed by atoms with Crippen molar-refractivity contribution in [1.29, 1.82) is 0 Å². The van der Waals surface area contributed by atoms with Gasteiger partial charge in [0.1, 0.15) is 0 Å². The SMILES string of the molecule is O=C=NCC(Cl)C(CCCl)N=C=O. The van der Waals surface area contributed by atoms with Crippen molar-refractivity contribution in [2.24, 2.45) is 9.98 Å². The van der Waals surface area contributed by atoms with Crippen LogP contribution in [0.5, 0.6) is 0 Å². The van der Waals surface area contributed by atoms with Crippen molar-refractivity contribution >= 4 is 35.4 Å². The van der Waals surface area contributed by atoms with Crippen LogP contribution < -0.4 is 0 Å². The van der Waals surface area contributed by atoms with E-state index in [4.69, 9.17) is 23.2 Å². The highest BCUT2D eigenvalue weighted by molar-refractivity contribution is 6.21. The van der Waals surface area contributed by atoms with Gasteiger partial charge in [0.05, 0.1) is 18.0 Å². The topological polar surface area (TPSA) is 58.9 Å². The molecule has 0 amide bonds. The summed E-state index contributed by atoms with van der Waals surface area (Å²) in [5.41, 5.74) is 0. The van der Waals surface area contributed by atoms with Crippen LogP contribution in [-0.4, -0.2) is 36.0 Å². The number of carbonyl (C=O) groups excluding carboxylic acids is 2. The van der Waals surface area contributed by atoms with Crippen LogP contribution in [0.3, 0.4) is 0 Å². The molecule has 6 heteroatoms. The normalized spacial score (nSPS) is 13.7. The first-order chi connectivity index (χ1) is 6.26. The Morgan fingerprint density at radius 3 is 2.46 bits per heavy atom. The molecule has 0 aromatic carbocycles. The molecular weight excluding hydrogens is 215 g/mol. The van der Waals surface area contributed by atoms with Crippen molar-refractivity contribution in [1.82, 2.24) is 0 Å². The number of rotatable bonds is 6. The Bertz CT molecular complexity index is 235. The molecule has 0 spiro atoms. The van der Waals surface area contributed by atoms with E-state index in [2.05, 4.69) is 9.98 Å². The maximum absolute atomic E-state index is 9.97. The monoisotopic (exact) mass is 222 g/mol. The summed E-state index contributed by atoms with van der Waals surface area (Å²) < 4.78 is 0. The maximum atomic E-state index is 9.97. The minimum atomic E-state index is -0.512. The fraction of sp³-hybridized carbons (Fsp3) is 0.714. The van der Waals surface area contributed by atoms with Gasteiger partial charge in [-0.05, 0) is 6.42 Å². The summed E-state index contributed by atoms with van der Waals surface area (Å²) in [5, 5.41) is -0.512. The van der Waals surface area contributed by atoms with E-state index < -0.39 is 11.4 Å². The zero-order valence-corrected chi connectivity index (χ0v) is 8.25. The minimum absolute atomic E-state index is 0.0811. The van der Waals surface area contributed by atoms with Crippen LogP contribution in [-0.2, 0) is 9.59 Å². The van der Waals surface area contributed by atoms with Crippen LogP contribution in [0, 0.1) is 0 Å². The highest BCUT2D eigenvalue weighted by Gasteiger charge is 2.17. The fourth-order valence-electron chi connectivity index (χ4n) is 0.752. The number of alkyl halides is 2. The van der Waals surface area contributed by atoms with Gasteiger partial charge in [-0.2, -0.15) is 0 Å². The number of hydrogen-bond acceptors (Lipinski definition) is 4. The van der Waals surface area contributed by atoms with E-state index in [0.29, 0.717) is 12.3 Å². The van der Waals surface area contributed by atoms with Gasteiger partial charge in [0.25, 0.3) is 0 Å². The first-order valence-corrected chi connectivity index (χ1v) is 4.54. The van der Waals surface area contributed by atoms with E-state index in [1.165, 1.54) is 12.2 Å². The molecule has 0 saturated carbocycles. The molecule has 0 saturated heterocycles. The fourth-order valence-corrected chi connectivity index (χ4v) is 1.23. The van der Waals surface area contributed by atoms with Gasteiger partial charge in [0.15, 0.2) is 0 Å². The van der Waals surface area contributed by atoms with Crippen molar-refractivity contribution in [3.63, 3.8) is 0 Å². The molecule has 0 rings (SSSR count). The Balaban J connectivity index is 4.16. The molecule has 0 N–H and O–H groups in total. The van der Waals surface area contributed by atoms with Gasteiger partial charge in [0.2, 0.25) is 12.2 Å². The molecular formula is C7H8Cl2N2O2. The van der Waals surface area contributed by atoms with E-state index in [1.54, 1.807) is 0 Å². The van der Waals surface area contributed by atoms with E-state index >= 15 is 0 Å². The quantitative estimate of drug-likeness (QED) is 0.386. The Kier molecular flexibility index (Phi) is 7.56. The average molecular weight is 223 g/mol. The summed E-state index contributed by atoms with van der Waals surface area (Å²) in [5.74, 6) is 0.337. The minimum Gasteiger partial charge on any atom is -0.211 e. The summed E-state index contributed by atoms with van der Waals surface area (Å²) in [6.07, 6.45) is 3.21. The number of aliphatic imine (C=N–C) groups is 2. The molecule has 0 aliphatic heterocycles. The van der Waals surface area contributed by atoms with Gasteiger partial charge in [-0.15, -0.1) is 23.2 Å². The molecule has 72 valence electrons. The molecule has 0 aromatic heterocycles. The van der Waals surface area contributed by atoms with Gasteiger partial charge >= 0.3 is 0 Å². The second-order valence-corrected chi connectivity index (χ2v) is 3.15. The number of isocyanates is 2. The molecule has 0 aromatic rings. The maximum Gasteiger partial charge on any atom is 0.235 e. The third-order valence-electron chi connectivity index (χ3n) is 1.37. The Labute approximate surface area is 85.6 Å². The summed E-state index contributed by atoms with van der Waals surface area (Å²) in [4.78, 5) is 26.5. The average Bonchev–Trinajstić information content (AvgIpc) is 2.14. The molecule has 0 aliphatic rings. The van der Waals surface area contributed by atoms with E-state index in [1.807, 2.05) is 0 Å². The first kappa shape index (κ1) is 12.3. The van der Waals surface area contributed by atoms with Crippen LogP contribution >= 0.6 is 23.2 Å². The van der Waals surface area contributed by atoms with Crippen LogP contribution in [0.4, 0.5) is 0 Å². The molecule has 2 atom stereocenters. The number of hydrogen-bond donors (Lipinski definition) is 0. The smallest absolute Gasteiger partial charge is 0.211 e. The Morgan fingerprint density at radius 1 is 1.31 bits per heavy atom. The number of nitrogens with zero attached hydrogens (tertiary/aromatic N) is 2. The van der Waals surface area contributed by atoms with E-state index in [0.717, 1.165) is 0 Å². The molecule has 0 bridgehead atoms. The molecule has 13 heavy (non-hydrogen) atoms. The summed E-state index contributed by atoms with van der Waals surface area (Å²) in [7, 11) is 0. The molecule has 0 fully saturated rings. The first-order valence-electron chi connectivity index (χ1n) is 3.57. The Hall–Kier alpha value is -0.660. The summed E-state index contributed by atoms with van der Waals surface area (Å²) in [6, 6.07) is -0.436. The lowest BCUT2D eigenvalue weighted by Crippen LogP contribution is -2.22. The van der Waals surface area contributed by atoms with Crippen LogP contribution in [0.25, 0.3) is 0 Å². The lowest BCUT2D eigenvalue weighted by molar-refractivity contribution is 0.546. The molecule has 0 aliphatic carbocycles. The van der Waals surface area contributed by atoms with Crippen LogP contribution in [0.1, 0.15) is 6.42 Å². The van der Waals surface area contributed by atoms with Crippen LogP contribution in [0.2, 0.25) is 0 Å². The van der Waals surface area contributed by atoms with E-state index in [9.17, 15) is 9.59 Å². The second-order valence-electron chi connectivity index (χ2n) is 2.21. The summed E-state index contributed by atoms with van der Waals surface area (Å²) >= 11 is 11.2. The third-order valence-corrected chi connectivity index (χ3v) is 2.02. The van der Waals surface area contributed by atoms with Gasteiger partial charge in [-0.25, -0.2) is 19.6 Å². The lowest BCUT2D eigenvalue weighted by atomic mass is 10.1. The molecule has 0 heterocycles. The standard InChI is InChI=1S/C7H8Cl2N2O2/c8-2-1-7(11-5-13)6(9)3-10-4-12/h6-7H,1-3H2. The molecule has 2 unspecified atom stereocenters. The van der Waals surface area contributed by atoms with Crippen molar-refractivity contribution in [2.45, 2.75) is 17.8 Å². The Morgan fingerprint density at radius 2 is 2.00 bits per heavy atom. The van der Waals surface area contributed by atoms with Gasteiger partial charge in [0, 0.05) is 5.88 Å². The zero-order chi connectivity index (χ0) is 10.1. The summed E-state index contributed by atoms with van der Waals surface area (Å²) in [6.45, 7) is 0.0811. The largest absolute Gasteiger partial charge is 0.235 e. The van der Waals surface area contributed by atoms with Gasteiger partial charge in [-0.3, -0.25) is 0 Å². The molecule has 4 nitrogen and oxygen atoms in total. The highest BCUT2D eigenvalue weighted by atomic mass is 35.5. The number of halogens is 2. The second kappa shape index (κ2) is 7.96. The van der Waals surface area contributed by atoms with Crippen molar-refractivity contribution in [3.8, 4) is 0 Å². The molecule has 0 radical (unpaired) electrons. The predicted octanol–water partition coefficient (Wildman–Crippen LogP) is 1.26. The van der Waals surface area contributed by atoms with Gasteiger partial charge < -0.3 is 0 Å². The highest BCUT2D eigenvalue weighted by Crippen LogP contribution is 2.11. The predicted molar refractivity (Wildman–Crippen MR) is 49.9 cm³/mol. The van der Waals surface area contributed by atoms with Crippen molar-refractivity contribution in [2.75, 3.05) is 12.4 Å². The van der Waals surface area contributed by atoms with Crippen molar-refractivity contribution < 1.29 is 9.59 Å². The van der Waals surface area contributed by atoms with Crippen LogP contribution in [0.15, 0.2) is 9.98 Å². The van der Waals surface area contributed by atoms with E-state index in [-0.39, 0.29) is 6.54 Å². The van der Waals surface area contributed by atoms with Crippen molar-refractivity contribution in [3.05, 3.63) is 0 Å². The van der Waals surface area contributed by atoms with Gasteiger partial charge in [-0.1, -0.05) is 0 Å². The third kappa shape index (κ3) is 5.56. The zero-order valence-electron chi connectivity index (χ0n) is 6.74.